The molecule has 0 aliphatic carbocycles. The van der Waals surface area contributed by atoms with Crippen molar-refractivity contribution in [1.82, 2.24) is 4.98 Å². The average molecular weight is 288 g/mol. The molecule has 0 spiro atoms. The number of fused-ring (bicyclic) bond motifs is 3. The smallest absolute Gasteiger partial charge is 0.252 e. The fourth-order valence-corrected chi connectivity index (χ4v) is 3.37. The third kappa shape index (κ3) is 2.00. The standard InChI is InChI=1S/C16H20N2O3/c1-9-10(2)18(6-7-19)12-5-4-11-16(15(9)12)13(21-3)8-14(20)17-11/h4-5,8-10,19H,6-7H2,1-3H3,(H,17,20). The van der Waals surface area contributed by atoms with E-state index in [0.29, 0.717) is 24.3 Å². The summed E-state index contributed by atoms with van der Waals surface area (Å²) in [6, 6.07) is 5.72. The van der Waals surface area contributed by atoms with Crippen molar-refractivity contribution < 1.29 is 9.84 Å². The average Bonchev–Trinajstić information content (AvgIpc) is 2.71. The molecule has 1 aromatic carbocycles. The number of aromatic amines is 1. The molecule has 1 aliphatic heterocycles. The zero-order chi connectivity index (χ0) is 15.1. The fourth-order valence-electron chi connectivity index (χ4n) is 3.37. The molecule has 0 fully saturated rings. The summed E-state index contributed by atoms with van der Waals surface area (Å²) in [5.41, 5.74) is 2.93. The topological polar surface area (TPSA) is 65.6 Å². The molecule has 3 rings (SSSR count). The Hall–Kier alpha value is -2.01. The Morgan fingerprint density at radius 1 is 1.38 bits per heavy atom. The molecule has 1 aliphatic rings. The number of aliphatic hydroxyl groups is 1. The van der Waals surface area contributed by atoms with Crippen LogP contribution in [0.1, 0.15) is 25.3 Å². The minimum atomic E-state index is -0.162. The second kappa shape index (κ2) is 5.07. The van der Waals surface area contributed by atoms with Crippen molar-refractivity contribution in [3.05, 3.63) is 34.1 Å². The molecule has 2 aromatic rings. The van der Waals surface area contributed by atoms with E-state index in [1.165, 1.54) is 11.6 Å². The van der Waals surface area contributed by atoms with Crippen molar-refractivity contribution in [3.63, 3.8) is 0 Å². The van der Waals surface area contributed by atoms with E-state index in [1.54, 1.807) is 7.11 Å². The number of β-amino-alcohol motifs (C(OH)–C–C–N with tert-alkyl or cyclic N) is 1. The minimum Gasteiger partial charge on any atom is -0.496 e. The second-order valence-corrected chi connectivity index (χ2v) is 5.57. The predicted octanol–water partition coefficient (Wildman–Crippen LogP) is 1.84. The molecule has 0 saturated carbocycles. The maximum absolute atomic E-state index is 11.7. The molecule has 5 nitrogen and oxygen atoms in total. The van der Waals surface area contributed by atoms with Crippen LogP contribution in [-0.4, -0.2) is 36.4 Å². The van der Waals surface area contributed by atoms with Crippen molar-refractivity contribution in [2.24, 2.45) is 0 Å². The normalized spacial score (nSPS) is 20.9. The van der Waals surface area contributed by atoms with Crippen LogP contribution in [0.25, 0.3) is 10.9 Å². The number of anilines is 1. The van der Waals surface area contributed by atoms with Gasteiger partial charge in [0.2, 0.25) is 0 Å². The SMILES string of the molecule is COc1cc(=O)[nH]c2ccc3c(c12)C(C)C(C)N3CCO. The highest BCUT2D eigenvalue weighted by Gasteiger charge is 2.34. The maximum atomic E-state index is 11.7. The number of nitrogens with zero attached hydrogens (tertiary/aromatic N) is 1. The van der Waals surface area contributed by atoms with Gasteiger partial charge in [-0.2, -0.15) is 0 Å². The molecule has 5 heteroatoms. The van der Waals surface area contributed by atoms with E-state index in [-0.39, 0.29) is 12.2 Å². The van der Waals surface area contributed by atoms with E-state index >= 15 is 0 Å². The summed E-state index contributed by atoms with van der Waals surface area (Å²) < 4.78 is 5.42. The van der Waals surface area contributed by atoms with E-state index in [2.05, 4.69) is 23.7 Å². The Morgan fingerprint density at radius 3 is 2.81 bits per heavy atom. The number of aliphatic hydroxyl groups excluding tert-OH is 1. The molecule has 112 valence electrons. The lowest BCUT2D eigenvalue weighted by molar-refractivity contribution is 0.298. The van der Waals surface area contributed by atoms with Gasteiger partial charge in [0.05, 0.1) is 19.2 Å². The van der Waals surface area contributed by atoms with Gasteiger partial charge in [0.25, 0.3) is 5.56 Å². The van der Waals surface area contributed by atoms with Crippen LogP contribution in [0.15, 0.2) is 23.0 Å². The van der Waals surface area contributed by atoms with Crippen LogP contribution in [0.2, 0.25) is 0 Å². The third-order valence-corrected chi connectivity index (χ3v) is 4.53. The number of hydrogen-bond acceptors (Lipinski definition) is 4. The molecule has 2 unspecified atom stereocenters. The number of nitrogens with one attached hydrogen (secondary N) is 1. The van der Waals surface area contributed by atoms with Crippen molar-refractivity contribution in [2.45, 2.75) is 25.8 Å². The number of ether oxygens (including phenoxy) is 1. The molecule has 2 atom stereocenters. The quantitative estimate of drug-likeness (QED) is 0.904. The number of benzene rings is 1. The number of hydrogen-bond donors (Lipinski definition) is 2. The van der Waals surface area contributed by atoms with Crippen LogP contribution in [0, 0.1) is 0 Å². The van der Waals surface area contributed by atoms with E-state index in [9.17, 15) is 9.90 Å². The zero-order valence-electron chi connectivity index (χ0n) is 12.5. The molecule has 0 amide bonds. The van der Waals surface area contributed by atoms with Crippen LogP contribution in [0.3, 0.4) is 0 Å². The highest BCUT2D eigenvalue weighted by atomic mass is 16.5. The summed E-state index contributed by atoms with van der Waals surface area (Å²) in [4.78, 5) is 16.8. The molecule has 2 heterocycles. The van der Waals surface area contributed by atoms with Gasteiger partial charge in [0.15, 0.2) is 0 Å². The van der Waals surface area contributed by atoms with E-state index < -0.39 is 0 Å². The predicted molar refractivity (Wildman–Crippen MR) is 83.4 cm³/mol. The molecule has 21 heavy (non-hydrogen) atoms. The number of methoxy groups -OCH3 is 1. The summed E-state index contributed by atoms with van der Waals surface area (Å²) in [5, 5.41) is 10.3. The Balaban J connectivity index is 2.33. The van der Waals surface area contributed by atoms with E-state index in [0.717, 1.165) is 16.6 Å². The highest BCUT2D eigenvalue weighted by Crippen LogP contribution is 2.46. The molecule has 0 radical (unpaired) electrons. The Kier molecular flexibility index (Phi) is 3.37. The van der Waals surface area contributed by atoms with Gasteiger partial charge in [-0.15, -0.1) is 0 Å². The summed E-state index contributed by atoms with van der Waals surface area (Å²) in [7, 11) is 1.59. The first-order chi connectivity index (χ1) is 10.1. The highest BCUT2D eigenvalue weighted by molar-refractivity contribution is 5.94. The van der Waals surface area contributed by atoms with Crippen LogP contribution in [0.4, 0.5) is 5.69 Å². The summed E-state index contributed by atoms with van der Waals surface area (Å²) in [6.07, 6.45) is 0. The van der Waals surface area contributed by atoms with Crippen LogP contribution >= 0.6 is 0 Å². The molecular weight excluding hydrogens is 268 g/mol. The lowest BCUT2D eigenvalue weighted by atomic mass is 9.94. The van der Waals surface area contributed by atoms with Gasteiger partial charge < -0.3 is 19.7 Å². The number of pyridine rings is 1. The van der Waals surface area contributed by atoms with Gasteiger partial charge in [-0.25, -0.2) is 0 Å². The van der Waals surface area contributed by atoms with Gasteiger partial charge in [-0.05, 0) is 24.6 Å². The van der Waals surface area contributed by atoms with Gasteiger partial charge in [0, 0.05) is 35.6 Å². The molecule has 0 bridgehead atoms. The zero-order valence-corrected chi connectivity index (χ0v) is 12.5. The largest absolute Gasteiger partial charge is 0.496 e. The maximum Gasteiger partial charge on any atom is 0.252 e. The number of rotatable bonds is 3. The molecular formula is C16H20N2O3. The molecule has 0 saturated heterocycles. The lowest BCUT2D eigenvalue weighted by Crippen LogP contribution is -2.33. The van der Waals surface area contributed by atoms with E-state index in [4.69, 9.17) is 4.74 Å². The first-order valence-corrected chi connectivity index (χ1v) is 7.20. The molecule has 2 N–H and O–H groups in total. The van der Waals surface area contributed by atoms with Crippen molar-refractivity contribution in [3.8, 4) is 5.75 Å². The monoisotopic (exact) mass is 288 g/mol. The van der Waals surface area contributed by atoms with Gasteiger partial charge >= 0.3 is 0 Å². The van der Waals surface area contributed by atoms with Gasteiger partial charge in [0.1, 0.15) is 5.75 Å². The Labute approximate surface area is 123 Å². The third-order valence-electron chi connectivity index (χ3n) is 4.53. The summed E-state index contributed by atoms with van der Waals surface area (Å²) in [5.74, 6) is 0.908. The lowest BCUT2D eigenvalue weighted by Gasteiger charge is -2.25. The Morgan fingerprint density at radius 2 is 2.14 bits per heavy atom. The Bertz CT molecular complexity index is 738. The summed E-state index contributed by atoms with van der Waals surface area (Å²) >= 11 is 0. The van der Waals surface area contributed by atoms with Crippen LogP contribution < -0.4 is 15.2 Å². The fraction of sp³-hybridized carbons (Fsp3) is 0.438. The number of H-pyrrole nitrogens is 1. The van der Waals surface area contributed by atoms with Gasteiger partial charge in [-0.1, -0.05) is 6.92 Å². The van der Waals surface area contributed by atoms with Crippen molar-refractivity contribution in [2.75, 3.05) is 25.2 Å². The first-order valence-electron chi connectivity index (χ1n) is 7.20. The van der Waals surface area contributed by atoms with Crippen LogP contribution in [0.5, 0.6) is 5.75 Å². The second-order valence-electron chi connectivity index (χ2n) is 5.57. The van der Waals surface area contributed by atoms with E-state index in [1.807, 2.05) is 12.1 Å². The van der Waals surface area contributed by atoms with Crippen molar-refractivity contribution >= 4 is 16.6 Å². The molecule has 1 aromatic heterocycles. The minimum absolute atomic E-state index is 0.122. The first kappa shape index (κ1) is 13.9. The van der Waals surface area contributed by atoms with Gasteiger partial charge in [-0.3, -0.25) is 4.79 Å². The summed E-state index contributed by atoms with van der Waals surface area (Å²) in [6.45, 7) is 5.06. The van der Waals surface area contributed by atoms with Crippen LogP contribution in [-0.2, 0) is 0 Å². The number of aromatic nitrogens is 1. The van der Waals surface area contributed by atoms with Crippen molar-refractivity contribution in [1.29, 1.82) is 0 Å².